The number of carbonyl (C=O) groups excluding carboxylic acids is 2. The van der Waals surface area contributed by atoms with Crippen molar-refractivity contribution >= 4 is 39.9 Å². The molecule has 0 unspecified atom stereocenters. The highest BCUT2D eigenvalue weighted by Gasteiger charge is 2.35. The first-order valence-electron chi connectivity index (χ1n) is 10.6. The van der Waals surface area contributed by atoms with Gasteiger partial charge >= 0.3 is 0 Å². The summed E-state index contributed by atoms with van der Waals surface area (Å²) in [7, 11) is 0. The molecule has 4 aromatic rings. The van der Waals surface area contributed by atoms with Crippen molar-refractivity contribution in [3.05, 3.63) is 112 Å². The normalized spacial score (nSPS) is 15.2. The van der Waals surface area contributed by atoms with Gasteiger partial charge in [-0.05, 0) is 54.1 Å². The third kappa shape index (κ3) is 4.34. The van der Waals surface area contributed by atoms with E-state index in [0.29, 0.717) is 17.0 Å². The van der Waals surface area contributed by atoms with Crippen molar-refractivity contribution in [1.29, 1.82) is 0 Å². The van der Waals surface area contributed by atoms with Crippen molar-refractivity contribution in [3.8, 4) is 0 Å². The van der Waals surface area contributed by atoms with Crippen molar-refractivity contribution in [1.82, 2.24) is 9.47 Å². The fourth-order valence-electron chi connectivity index (χ4n) is 3.96. The van der Waals surface area contributed by atoms with Crippen LogP contribution in [0, 0.1) is 12.7 Å². The monoisotopic (exact) mass is 456 g/mol. The molecule has 3 aromatic carbocycles. The van der Waals surface area contributed by atoms with Crippen molar-refractivity contribution in [2.75, 3.05) is 0 Å². The Kier molecular flexibility index (Phi) is 5.60. The van der Waals surface area contributed by atoms with Gasteiger partial charge in [-0.25, -0.2) is 4.39 Å². The molecule has 0 aliphatic carbocycles. The van der Waals surface area contributed by atoms with Crippen LogP contribution in [0.4, 0.5) is 9.18 Å². The molecule has 4 nitrogen and oxygen atoms in total. The Morgan fingerprint density at radius 3 is 2.30 bits per heavy atom. The van der Waals surface area contributed by atoms with E-state index in [1.54, 1.807) is 18.2 Å². The van der Waals surface area contributed by atoms with E-state index >= 15 is 0 Å². The molecule has 1 saturated heterocycles. The zero-order valence-corrected chi connectivity index (χ0v) is 18.8. The minimum absolute atomic E-state index is 0.122. The van der Waals surface area contributed by atoms with Crippen molar-refractivity contribution in [2.24, 2.45) is 0 Å². The highest BCUT2D eigenvalue weighted by Crippen LogP contribution is 2.35. The number of carbonyl (C=O) groups is 2. The maximum Gasteiger partial charge on any atom is 0.293 e. The molecule has 2 heterocycles. The first-order valence-corrected chi connectivity index (χ1v) is 11.4. The second-order valence-electron chi connectivity index (χ2n) is 8.11. The molecule has 33 heavy (non-hydrogen) atoms. The molecular weight excluding hydrogens is 435 g/mol. The van der Waals surface area contributed by atoms with Gasteiger partial charge in [0.1, 0.15) is 5.82 Å². The number of hydrogen-bond donors (Lipinski definition) is 0. The third-order valence-corrected chi connectivity index (χ3v) is 6.61. The van der Waals surface area contributed by atoms with Crippen LogP contribution in [0.15, 0.2) is 83.9 Å². The fraction of sp³-hybridized carbons (Fsp3) is 0.111. The van der Waals surface area contributed by atoms with Crippen molar-refractivity contribution in [3.63, 3.8) is 0 Å². The summed E-state index contributed by atoms with van der Waals surface area (Å²) >= 11 is 0.938. The molecule has 5 rings (SSSR count). The van der Waals surface area contributed by atoms with Gasteiger partial charge in [-0.15, -0.1) is 0 Å². The summed E-state index contributed by atoms with van der Waals surface area (Å²) in [6.45, 7) is 2.90. The number of rotatable bonds is 5. The molecule has 0 radical (unpaired) electrons. The average molecular weight is 457 g/mol. The number of thioether (sulfide) groups is 1. The van der Waals surface area contributed by atoms with Crippen LogP contribution in [0.5, 0.6) is 0 Å². The van der Waals surface area contributed by atoms with E-state index < -0.39 is 0 Å². The Labute approximate surface area is 195 Å². The van der Waals surface area contributed by atoms with E-state index in [1.165, 1.54) is 28.2 Å². The number of halogens is 1. The van der Waals surface area contributed by atoms with Gasteiger partial charge in [0.2, 0.25) is 0 Å². The molecule has 164 valence electrons. The number of aromatic nitrogens is 1. The highest BCUT2D eigenvalue weighted by atomic mass is 32.2. The highest BCUT2D eigenvalue weighted by molar-refractivity contribution is 8.18. The topological polar surface area (TPSA) is 42.3 Å². The Balaban J connectivity index is 1.45. The molecular formula is C27H21FN2O2S. The Hall–Kier alpha value is -3.64. The van der Waals surface area contributed by atoms with Crippen LogP contribution < -0.4 is 0 Å². The molecule has 6 heteroatoms. The van der Waals surface area contributed by atoms with Crippen molar-refractivity contribution in [2.45, 2.75) is 20.0 Å². The fourth-order valence-corrected chi connectivity index (χ4v) is 4.79. The lowest BCUT2D eigenvalue weighted by atomic mass is 10.1. The van der Waals surface area contributed by atoms with Gasteiger partial charge < -0.3 is 4.57 Å². The molecule has 1 fully saturated rings. The minimum Gasteiger partial charge on any atom is -0.342 e. The second kappa shape index (κ2) is 8.71. The van der Waals surface area contributed by atoms with Crippen LogP contribution in [0.2, 0.25) is 0 Å². The van der Waals surface area contributed by atoms with E-state index in [4.69, 9.17) is 0 Å². The number of para-hydroxylation sites is 1. The number of hydrogen-bond acceptors (Lipinski definition) is 3. The molecule has 2 amide bonds. The van der Waals surface area contributed by atoms with Crippen LogP contribution >= 0.6 is 11.8 Å². The van der Waals surface area contributed by atoms with Gasteiger partial charge in [0, 0.05) is 29.2 Å². The van der Waals surface area contributed by atoms with Crippen LogP contribution in [0.25, 0.3) is 17.0 Å². The molecule has 0 atom stereocenters. The zero-order chi connectivity index (χ0) is 22.9. The van der Waals surface area contributed by atoms with E-state index in [0.717, 1.165) is 28.2 Å². The van der Waals surface area contributed by atoms with E-state index in [2.05, 4.69) is 41.8 Å². The Bertz CT molecular complexity index is 1390. The molecule has 0 saturated carbocycles. The summed E-state index contributed by atoms with van der Waals surface area (Å²) in [5.41, 5.74) is 5.07. The maximum atomic E-state index is 13.2. The first kappa shape index (κ1) is 21.2. The largest absolute Gasteiger partial charge is 0.342 e. The molecule has 1 aliphatic heterocycles. The van der Waals surface area contributed by atoms with Crippen LogP contribution in [-0.2, 0) is 17.9 Å². The van der Waals surface area contributed by atoms with Crippen molar-refractivity contribution < 1.29 is 14.0 Å². The minimum atomic E-state index is -0.352. The SMILES string of the molecule is Cc1ccc(Cn2cc(/C=C3\SC(=O)N(Cc4ccc(F)cc4)C3=O)c3ccccc32)cc1. The van der Waals surface area contributed by atoms with E-state index in [1.807, 2.05) is 24.4 Å². The lowest BCUT2D eigenvalue weighted by Crippen LogP contribution is -2.27. The summed E-state index contributed by atoms with van der Waals surface area (Å²) in [6, 6.07) is 22.3. The quantitative estimate of drug-likeness (QED) is 0.328. The van der Waals surface area contributed by atoms with Gasteiger partial charge in [0.15, 0.2) is 0 Å². The zero-order valence-electron chi connectivity index (χ0n) is 18.0. The number of aryl methyl sites for hydroxylation is 1. The lowest BCUT2D eigenvalue weighted by molar-refractivity contribution is -0.123. The molecule has 0 bridgehead atoms. The summed E-state index contributed by atoms with van der Waals surface area (Å²) in [4.78, 5) is 27.1. The van der Waals surface area contributed by atoms with Gasteiger partial charge in [0.05, 0.1) is 11.4 Å². The summed E-state index contributed by atoms with van der Waals surface area (Å²) in [6.07, 6.45) is 3.82. The smallest absolute Gasteiger partial charge is 0.293 e. The number of fused-ring (bicyclic) bond motifs is 1. The predicted molar refractivity (Wildman–Crippen MR) is 130 cm³/mol. The number of amides is 2. The van der Waals surface area contributed by atoms with E-state index in [-0.39, 0.29) is 23.5 Å². The number of benzene rings is 3. The summed E-state index contributed by atoms with van der Waals surface area (Å²) < 4.78 is 15.3. The number of imide groups is 1. The Morgan fingerprint density at radius 2 is 1.55 bits per heavy atom. The molecule has 0 spiro atoms. The van der Waals surface area contributed by atoms with Gasteiger partial charge in [-0.3, -0.25) is 14.5 Å². The van der Waals surface area contributed by atoms with Gasteiger partial charge in [-0.2, -0.15) is 0 Å². The maximum absolute atomic E-state index is 13.2. The van der Waals surface area contributed by atoms with Gasteiger partial charge in [-0.1, -0.05) is 60.2 Å². The molecule has 1 aliphatic rings. The summed E-state index contributed by atoms with van der Waals surface area (Å²) in [5.74, 6) is -0.681. The standard InChI is InChI=1S/C27H21FN2O2S/c1-18-6-8-19(9-7-18)15-29-17-21(23-4-2-3-5-24(23)29)14-25-26(31)30(27(32)33-25)16-20-10-12-22(28)13-11-20/h2-14,17H,15-16H2,1H3/b25-14-. The van der Waals surface area contributed by atoms with E-state index in [9.17, 15) is 14.0 Å². The second-order valence-corrected chi connectivity index (χ2v) is 9.10. The average Bonchev–Trinajstić information content (AvgIpc) is 3.29. The lowest BCUT2D eigenvalue weighted by Gasteiger charge is -2.12. The number of nitrogens with zero attached hydrogens (tertiary/aromatic N) is 2. The van der Waals surface area contributed by atoms with Crippen LogP contribution in [0.1, 0.15) is 22.3 Å². The predicted octanol–water partition coefficient (Wildman–Crippen LogP) is 6.37. The Morgan fingerprint density at radius 1 is 0.879 bits per heavy atom. The first-order chi connectivity index (χ1) is 16.0. The summed E-state index contributed by atoms with van der Waals surface area (Å²) in [5, 5.41) is 0.703. The van der Waals surface area contributed by atoms with Crippen LogP contribution in [0.3, 0.4) is 0 Å². The third-order valence-electron chi connectivity index (χ3n) is 5.71. The molecule has 1 aromatic heterocycles. The van der Waals surface area contributed by atoms with Crippen LogP contribution in [-0.4, -0.2) is 20.6 Å². The van der Waals surface area contributed by atoms with Gasteiger partial charge in [0.25, 0.3) is 11.1 Å². The molecule has 0 N–H and O–H groups in total.